The molecule has 4 heteroatoms. The summed E-state index contributed by atoms with van der Waals surface area (Å²) in [6, 6.07) is 7.88. The first-order valence-electron chi connectivity index (χ1n) is 5.45. The van der Waals surface area contributed by atoms with Crippen molar-refractivity contribution in [2.24, 2.45) is 0 Å². The van der Waals surface area contributed by atoms with E-state index in [4.69, 9.17) is 9.47 Å². The number of esters is 1. The van der Waals surface area contributed by atoms with Gasteiger partial charge >= 0.3 is 5.97 Å². The fraction of sp³-hybridized carbons (Fsp3) is 0.462. The van der Waals surface area contributed by atoms with Gasteiger partial charge in [0.1, 0.15) is 11.0 Å². The molecule has 0 heterocycles. The Bertz CT molecular complexity index is 379. The number of thioether (sulfide) groups is 1. The van der Waals surface area contributed by atoms with Crippen LogP contribution in [0, 0.1) is 0 Å². The normalized spacial score (nSPS) is 13.9. The first-order valence-corrected chi connectivity index (χ1v) is 6.40. The summed E-state index contributed by atoms with van der Waals surface area (Å²) in [5.74, 6) is 0.644. The lowest BCUT2D eigenvalue weighted by atomic mass is 10.1. The molecule has 0 amide bonds. The number of carbonyl (C=O) groups excluding carboxylic acids is 1. The molecule has 0 saturated carbocycles. The van der Waals surface area contributed by atoms with Crippen molar-refractivity contribution >= 4 is 17.7 Å². The summed E-state index contributed by atoms with van der Waals surface area (Å²) in [6.45, 7) is 3.92. The SMILES string of the molecule is COC(=O)[C@@H](C)S[C@@H](C)c1cccc(OC)c1. The van der Waals surface area contributed by atoms with Crippen LogP contribution in [0.4, 0.5) is 0 Å². The minimum Gasteiger partial charge on any atom is -0.497 e. The molecule has 1 rings (SSSR count). The van der Waals surface area contributed by atoms with Gasteiger partial charge in [0.15, 0.2) is 0 Å². The van der Waals surface area contributed by atoms with E-state index in [0.717, 1.165) is 11.3 Å². The number of benzene rings is 1. The molecule has 2 atom stereocenters. The van der Waals surface area contributed by atoms with E-state index in [-0.39, 0.29) is 16.5 Å². The zero-order valence-electron chi connectivity index (χ0n) is 10.6. The molecule has 0 aliphatic heterocycles. The highest BCUT2D eigenvalue weighted by Crippen LogP contribution is 2.33. The quantitative estimate of drug-likeness (QED) is 0.757. The van der Waals surface area contributed by atoms with E-state index in [9.17, 15) is 4.79 Å². The molecule has 0 spiro atoms. The summed E-state index contributed by atoms with van der Waals surface area (Å²) in [5, 5.41) is 0.0559. The first kappa shape index (κ1) is 13.9. The van der Waals surface area contributed by atoms with Crippen LogP contribution in [0.2, 0.25) is 0 Å². The lowest BCUT2D eigenvalue weighted by molar-refractivity contribution is -0.139. The number of hydrogen-bond donors (Lipinski definition) is 0. The highest BCUT2D eigenvalue weighted by Gasteiger charge is 2.18. The smallest absolute Gasteiger partial charge is 0.318 e. The van der Waals surface area contributed by atoms with Crippen LogP contribution < -0.4 is 4.74 Å². The lowest BCUT2D eigenvalue weighted by Gasteiger charge is -2.16. The third-order valence-electron chi connectivity index (χ3n) is 2.50. The van der Waals surface area contributed by atoms with Gasteiger partial charge in [-0.3, -0.25) is 4.79 Å². The van der Waals surface area contributed by atoms with Crippen molar-refractivity contribution < 1.29 is 14.3 Å². The zero-order valence-corrected chi connectivity index (χ0v) is 11.4. The predicted octanol–water partition coefficient (Wildman–Crippen LogP) is 3.05. The van der Waals surface area contributed by atoms with Gasteiger partial charge in [0.2, 0.25) is 0 Å². The molecule has 1 aromatic rings. The summed E-state index contributed by atoms with van der Waals surface area (Å²) >= 11 is 1.57. The predicted molar refractivity (Wildman–Crippen MR) is 70.5 cm³/mol. The molecular weight excluding hydrogens is 236 g/mol. The van der Waals surface area contributed by atoms with Crippen LogP contribution in [0.15, 0.2) is 24.3 Å². The zero-order chi connectivity index (χ0) is 12.8. The van der Waals surface area contributed by atoms with Crippen LogP contribution in [0.25, 0.3) is 0 Å². The van der Waals surface area contributed by atoms with Crippen molar-refractivity contribution in [1.29, 1.82) is 0 Å². The van der Waals surface area contributed by atoms with E-state index >= 15 is 0 Å². The van der Waals surface area contributed by atoms with E-state index in [1.807, 2.05) is 31.2 Å². The van der Waals surface area contributed by atoms with Crippen LogP contribution >= 0.6 is 11.8 Å². The Hall–Kier alpha value is -1.16. The summed E-state index contributed by atoms with van der Waals surface area (Å²) in [4.78, 5) is 11.3. The Morgan fingerprint density at radius 1 is 1.29 bits per heavy atom. The van der Waals surface area contributed by atoms with E-state index < -0.39 is 0 Å². The van der Waals surface area contributed by atoms with Crippen LogP contribution in [-0.2, 0) is 9.53 Å². The molecule has 3 nitrogen and oxygen atoms in total. The summed E-state index contributed by atoms with van der Waals surface area (Å²) in [7, 11) is 3.06. The number of rotatable bonds is 5. The van der Waals surface area contributed by atoms with Crippen molar-refractivity contribution in [3.8, 4) is 5.75 Å². The van der Waals surface area contributed by atoms with Gasteiger partial charge in [0.25, 0.3) is 0 Å². The van der Waals surface area contributed by atoms with E-state index in [0.29, 0.717) is 0 Å². The topological polar surface area (TPSA) is 35.5 Å². The van der Waals surface area contributed by atoms with Crippen LogP contribution in [-0.4, -0.2) is 25.4 Å². The van der Waals surface area contributed by atoms with Crippen LogP contribution in [0.3, 0.4) is 0 Å². The maximum absolute atomic E-state index is 11.3. The van der Waals surface area contributed by atoms with Gasteiger partial charge in [-0.1, -0.05) is 12.1 Å². The van der Waals surface area contributed by atoms with Gasteiger partial charge in [-0.2, -0.15) is 0 Å². The van der Waals surface area contributed by atoms with Gasteiger partial charge in [-0.25, -0.2) is 0 Å². The van der Waals surface area contributed by atoms with Crippen molar-refractivity contribution in [2.45, 2.75) is 24.3 Å². The highest BCUT2D eigenvalue weighted by molar-refractivity contribution is 8.00. The van der Waals surface area contributed by atoms with Gasteiger partial charge < -0.3 is 9.47 Å². The Kier molecular flexibility index (Phi) is 5.35. The summed E-state index contributed by atoms with van der Waals surface area (Å²) in [5.41, 5.74) is 1.14. The number of methoxy groups -OCH3 is 2. The average Bonchev–Trinajstić information content (AvgIpc) is 2.37. The molecule has 0 bridgehead atoms. The Balaban J connectivity index is 2.68. The Labute approximate surface area is 106 Å². The van der Waals surface area contributed by atoms with Crippen molar-refractivity contribution in [2.75, 3.05) is 14.2 Å². The van der Waals surface area contributed by atoms with E-state index in [1.165, 1.54) is 7.11 Å². The van der Waals surface area contributed by atoms with Crippen molar-refractivity contribution in [1.82, 2.24) is 0 Å². The summed E-state index contributed by atoms with van der Waals surface area (Å²) < 4.78 is 9.89. The van der Waals surface area contributed by atoms with E-state index in [2.05, 4.69) is 6.92 Å². The molecule has 0 saturated heterocycles. The van der Waals surface area contributed by atoms with Crippen LogP contribution in [0.1, 0.15) is 24.7 Å². The molecule has 17 heavy (non-hydrogen) atoms. The van der Waals surface area contributed by atoms with Gasteiger partial charge in [-0.05, 0) is 31.5 Å². The standard InChI is InChI=1S/C13H18O3S/c1-9(17-10(2)13(14)16-4)11-6-5-7-12(8-11)15-3/h5-10H,1-4H3/t9-,10+/m0/s1. The highest BCUT2D eigenvalue weighted by atomic mass is 32.2. The summed E-state index contributed by atoms with van der Waals surface area (Å²) in [6.07, 6.45) is 0. The Morgan fingerprint density at radius 2 is 2.00 bits per heavy atom. The van der Waals surface area contributed by atoms with Gasteiger partial charge in [0.05, 0.1) is 14.2 Å². The second kappa shape index (κ2) is 6.55. The molecule has 0 aliphatic rings. The molecular formula is C13H18O3S. The molecule has 1 aromatic carbocycles. The molecule has 0 aromatic heterocycles. The fourth-order valence-electron chi connectivity index (χ4n) is 1.50. The molecule has 94 valence electrons. The third kappa shape index (κ3) is 3.97. The van der Waals surface area contributed by atoms with Crippen LogP contribution in [0.5, 0.6) is 5.75 Å². The van der Waals surface area contributed by atoms with Crippen molar-refractivity contribution in [3.63, 3.8) is 0 Å². The number of carbonyl (C=O) groups is 1. The molecule has 0 unspecified atom stereocenters. The van der Waals surface area contributed by atoms with Crippen molar-refractivity contribution in [3.05, 3.63) is 29.8 Å². The maximum atomic E-state index is 11.3. The minimum absolute atomic E-state index is 0.166. The number of hydrogen-bond acceptors (Lipinski definition) is 4. The average molecular weight is 254 g/mol. The monoisotopic (exact) mass is 254 g/mol. The largest absolute Gasteiger partial charge is 0.497 e. The molecule has 0 aliphatic carbocycles. The molecule has 0 fully saturated rings. The second-order valence-corrected chi connectivity index (χ2v) is 5.41. The first-order chi connectivity index (χ1) is 8.08. The number of ether oxygens (including phenoxy) is 2. The lowest BCUT2D eigenvalue weighted by Crippen LogP contribution is -2.15. The fourth-order valence-corrected chi connectivity index (χ4v) is 2.62. The third-order valence-corrected chi connectivity index (χ3v) is 3.79. The minimum atomic E-state index is -0.190. The van der Waals surface area contributed by atoms with E-state index in [1.54, 1.807) is 18.9 Å². The Morgan fingerprint density at radius 3 is 2.59 bits per heavy atom. The molecule has 0 radical (unpaired) electrons. The molecule has 0 N–H and O–H groups in total. The maximum Gasteiger partial charge on any atom is 0.318 e. The second-order valence-electron chi connectivity index (χ2n) is 3.72. The van der Waals surface area contributed by atoms with Gasteiger partial charge in [0, 0.05) is 5.25 Å². The van der Waals surface area contributed by atoms with Gasteiger partial charge in [-0.15, -0.1) is 11.8 Å².